The van der Waals surface area contributed by atoms with Crippen LogP contribution in [0.3, 0.4) is 0 Å². The van der Waals surface area contributed by atoms with Crippen molar-refractivity contribution in [1.29, 1.82) is 0 Å². The van der Waals surface area contributed by atoms with Gasteiger partial charge >= 0.3 is 0 Å². The Labute approximate surface area is 116 Å². The minimum absolute atomic E-state index is 0.0271. The van der Waals surface area contributed by atoms with E-state index in [0.29, 0.717) is 5.82 Å². The van der Waals surface area contributed by atoms with Gasteiger partial charge in [-0.25, -0.2) is 9.97 Å². The first-order chi connectivity index (χ1) is 9.20. The van der Waals surface area contributed by atoms with E-state index in [1.54, 1.807) is 6.20 Å². The van der Waals surface area contributed by atoms with Crippen LogP contribution in [0.25, 0.3) is 11.2 Å². The molecule has 100 valence electrons. The van der Waals surface area contributed by atoms with Gasteiger partial charge in [-0.3, -0.25) is 9.36 Å². The molecule has 1 unspecified atom stereocenters. The predicted molar refractivity (Wildman–Crippen MR) is 73.1 cm³/mol. The molecule has 1 aliphatic heterocycles. The van der Waals surface area contributed by atoms with E-state index in [0.717, 1.165) is 36.1 Å². The number of pyridine rings is 1. The van der Waals surface area contributed by atoms with Gasteiger partial charge in [-0.1, -0.05) is 0 Å². The highest BCUT2D eigenvalue weighted by Gasteiger charge is 2.28. The molecule has 0 spiro atoms. The first kappa shape index (κ1) is 12.4. The highest BCUT2D eigenvalue weighted by molar-refractivity contribution is 6.16. The van der Waals surface area contributed by atoms with Crippen molar-refractivity contribution in [2.75, 3.05) is 6.54 Å². The van der Waals surface area contributed by atoms with Crippen molar-refractivity contribution in [3.05, 3.63) is 23.7 Å². The number of carbonyl (C=O) groups is 1. The van der Waals surface area contributed by atoms with Gasteiger partial charge in [0.25, 0.3) is 0 Å². The third-order valence-electron chi connectivity index (χ3n) is 3.43. The maximum atomic E-state index is 12.0. The molecule has 0 aromatic carbocycles. The molecule has 1 amide bonds. The molecule has 0 radical (unpaired) electrons. The van der Waals surface area contributed by atoms with Crippen LogP contribution in [0.1, 0.15) is 30.3 Å². The number of aryl methyl sites for hydroxylation is 1. The number of hydrogen-bond acceptors (Lipinski definition) is 3. The number of rotatable bonds is 2. The van der Waals surface area contributed by atoms with Crippen molar-refractivity contribution in [3.8, 4) is 0 Å². The molecule has 2 aromatic heterocycles. The van der Waals surface area contributed by atoms with Gasteiger partial charge in [-0.05, 0) is 31.4 Å². The highest BCUT2D eigenvalue weighted by Crippen LogP contribution is 2.26. The van der Waals surface area contributed by atoms with Crippen LogP contribution in [-0.2, 0) is 10.7 Å². The zero-order valence-electron chi connectivity index (χ0n) is 10.7. The van der Waals surface area contributed by atoms with Crippen molar-refractivity contribution < 1.29 is 4.79 Å². The van der Waals surface area contributed by atoms with E-state index in [9.17, 15) is 4.79 Å². The summed E-state index contributed by atoms with van der Waals surface area (Å²) in [6.45, 7) is 2.71. The van der Waals surface area contributed by atoms with Crippen LogP contribution in [0, 0.1) is 6.92 Å². The summed E-state index contributed by atoms with van der Waals surface area (Å²) < 4.78 is 1.89. The SMILES string of the molecule is Cc1cnc2c(c1)nc(CCl)n2C1CCCNC1=O. The smallest absolute Gasteiger partial charge is 0.243 e. The number of amides is 1. The van der Waals surface area contributed by atoms with Gasteiger partial charge in [0.15, 0.2) is 5.65 Å². The molecule has 0 saturated carbocycles. The van der Waals surface area contributed by atoms with E-state index in [1.165, 1.54) is 0 Å². The third-order valence-corrected chi connectivity index (χ3v) is 3.67. The number of hydrogen-bond donors (Lipinski definition) is 1. The first-order valence-electron chi connectivity index (χ1n) is 6.38. The van der Waals surface area contributed by atoms with Crippen molar-refractivity contribution in [2.45, 2.75) is 31.7 Å². The lowest BCUT2D eigenvalue weighted by Gasteiger charge is -2.24. The van der Waals surface area contributed by atoms with Crippen molar-refractivity contribution in [3.63, 3.8) is 0 Å². The number of imidazole rings is 1. The zero-order chi connectivity index (χ0) is 13.4. The fourth-order valence-corrected chi connectivity index (χ4v) is 2.74. The molecular weight excluding hydrogens is 264 g/mol. The largest absolute Gasteiger partial charge is 0.354 e. The summed E-state index contributed by atoms with van der Waals surface area (Å²) in [5.74, 6) is 1.01. The maximum Gasteiger partial charge on any atom is 0.243 e. The third kappa shape index (κ3) is 2.08. The van der Waals surface area contributed by atoms with E-state index >= 15 is 0 Å². The Balaban J connectivity index is 2.17. The average molecular weight is 279 g/mol. The molecule has 19 heavy (non-hydrogen) atoms. The number of aromatic nitrogens is 3. The molecule has 1 fully saturated rings. The van der Waals surface area contributed by atoms with Gasteiger partial charge in [0.1, 0.15) is 17.4 Å². The Hall–Kier alpha value is -1.62. The summed E-state index contributed by atoms with van der Waals surface area (Å²) in [5.41, 5.74) is 2.59. The molecular formula is C13H15ClN4O. The number of nitrogens with one attached hydrogen (secondary N) is 1. The molecule has 1 atom stereocenters. The summed E-state index contributed by atoms with van der Waals surface area (Å²) in [6, 6.07) is 1.72. The van der Waals surface area contributed by atoms with Crippen molar-refractivity contribution in [2.24, 2.45) is 0 Å². The van der Waals surface area contributed by atoms with E-state index in [-0.39, 0.29) is 17.8 Å². The van der Waals surface area contributed by atoms with Gasteiger partial charge < -0.3 is 5.32 Å². The fraction of sp³-hybridized carbons (Fsp3) is 0.462. The molecule has 1 aliphatic rings. The zero-order valence-corrected chi connectivity index (χ0v) is 11.4. The first-order valence-corrected chi connectivity index (χ1v) is 6.91. The second kappa shape index (κ2) is 4.81. The monoisotopic (exact) mass is 278 g/mol. The Morgan fingerprint density at radius 1 is 1.58 bits per heavy atom. The van der Waals surface area contributed by atoms with Crippen LogP contribution in [-0.4, -0.2) is 27.0 Å². The number of carbonyl (C=O) groups excluding carboxylic acids is 1. The average Bonchev–Trinajstić information content (AvgIpc) is 2.76. The Bertz CT molecular complexity index is 637. The fourth-order valence-electron chi connectivity index (χ4n) is 2.55. The minimum atomic E-state index is -0.247. The molecule has 0 aliphatic carbocycles. The minimum Gasteiger partial charge on any atom is -0.354 e. The van der Waals surface area contributed by atoms with Crippen LogP contribution in [0.5, 0.6) is 0 Å². The van der Waals surface area contributed by atoms with Crippen molar-refractivity contribution >= 4 is 28.7 Å². The molecule has 3 rings (SSSR count). The number of piperidine rings is 1. The van der Waals surface area contributed by atoms with E-state index in [4.69, 9.17) is 11.6 Å². The standard InChI is InChI=1S/C13H15ClN4O/c1-8-5-9-12(16-7-8)18(11(6-14)17-9)10-3-2-4-15-13(10)19/h5,7,10H,2-4,6H2,1H3,(H,15,19). The number of alkyl halides is 1. The molecule has 6 heteroatoms. The number of halogens is 1. The van der Waals surface area contributed by atoms with Crippen LogP contribution < -0.4 is 5.32 Å². The van der Waals surface area contributed by atoms with Gasteiger partial charge in [-0.15, -0.1) is 11.6 Å². The highest BCUT2D eigenvalue weighted by atomic mass is 35.5. The summed E-state index contributed by atoms with van der Waals surface area (Å²) in [7, 11) is 0. The lowest BCUT2D eigenvalue weighted by atomic mass is 10.1. The van der Waals surface area contributed by atoms with Gasteiger partial charge in [0.2, 0.25) is 5.91 Å². The van der Waals surface area contributed by atoms with E-state index in [2.05, 4.69) is 15.3 Å². The van der Waals surface area contributed by atoms with Crippen LogP contribution in [0.2, 0.25) is 0 Å². The predicted octanol–water partition coefficient (Wildman–Crippen LogP) is 1.93. The van der Waals surface area contributed by atoms with Crippen LogP contribution in [0.4, 0.5) is 0 Å². The summed E-state index contributed by atoms with van der Waals surface area (Å²) in [4.78, 5) is 21.0. The molecule has 0 bridgehead atoms. The summed E-state index contributed by atoms with van der Waals surface area (Å²) in [5, 5.41) is 2.89. The van der Waals surface area contributed by atoms with Crippen molar-refractivity contribution in [1.82, 2.24) is 19.9 Å². The molecule has 2 aromatic rings. The topological polar surface area (TPSA) is 59.8 Å². The molecule has 3 heterocycles. The quantitative estimate of drug-likeness (QED) is 0.854. The summed E-state index contributed by atoms with van der Waals surface area (Å²) >= 11 is 5.97. The lowest BCUT2D eigenvalue weighted by molar-refractivity contribution is -0.125. The summed E-state index contributed by atoms with van der Waals surface area (Å²) in [6.07, 6.45) is 3.56. The normalized spacial score (nSPS) is 19.7. The number of fused-ring (bicyclic) bond motifs is 1. The van der Waals surface area contributed by atoms with Crippen LogP contribution in [0.15, 0.2) is 12.3 Å². The van der Waals surface area contributed by atoms with Gasteiger partial charge in [-0.2, -0.15) is 0 Å². The Morgan fingerprint density at radius 3 is 3.16 bits per heavy atom. The van der Waals surface area contributed by atoms with E-state index < -0.39 is 0 Å². The maximum absolute atomic E-state index is 12.0. The molecule has 1 N–H and O–H groups in total. The Kier molecular flexibility index (Phi) is 3.14. The second-order valence-electron chi connectivity index (χ2n) is 4.84. The van der Waals surface area contributed by atoms with E-state index in [1.807, 2.05) is 17.6 Å². The van der Waals surface area contributed by atoms with Gasteiger partial charge in [0.05, 0.1) is 5.88 Å². The lowest BCUT2D eigenvalue weighted by Crippen LogP contribution is -2.38. The Morgan fingerprint density at radius 2 is 2.42 bits per heavy atom. The van der Waals surface area contributed by atoms with Crippen LogP contribution >= 0.6 is 11.6 Å². The molecule has 5 nitrogen and oxygen atoms in total. The second-order valence-corrected chi connectivity index (χ2v) is 5.10. The number of nitrogens with zero attached hydrogens (tertiary/aromatic N) is 3. The molecule has 1 saturated heterocycles. The van der Waals surface area contributed by atoms with Gasteiger partial charge in [0, 0.05) is 12.7 Å².